The zero-order chi connectivity index (χ0) is 10.2. The molecule has 1 aliphatic rings. The van der Waals surface area contributed by atoms with Gasteiger partial charge in [-0.05, 0) is 0 Å². The van der Waals surface area contributed by atoms with Crippen LogP contribution in [0.15, 0.2) is 0 Å². The Morgan fingerprint density at radius 1 is 1.38 bits per heavy atom. The molecule has 0 aromatic rings. The molecule has 0 aromatic carbocycles. The fourth-order valence-electron chi connectivity index (χ4n) is 0.951. The number of hydrogen-bond donors (Lipinski definition) is 2. The van der Waals surface area contributed by atoms with E-state index in [2.05, 4.69) is 4.74 Å². The van der Waals surface area contributed by atoms with Crippen LogP contribution in [-0.4, -0.2) is 36.0 Å². The van der Waals surface area contributed by atoms with Crippen LogP contribution in [0.4, 0.5) is 0 Å². The molecular formula is C6H5NO6. The second-order valence-corrected chi connectivity index (χ2v) is 2.33. The molecule has 70 valence electrons. The highest BCUT2D eigenvalue weighted by atomic mass is 16.5. The van der Waals surface area contributed by atoms with Gasteiger partial charge in [0.25, 0.3) is 11.8 Å². The zero-order valence-corrected chi connectivity index (χ0v) is 6.49. The van der Waals surface area contributed by atoms with E-state index >= 15 is 0 Å². The summed E-state index contributed by atoms with van der Waals surface area (Å²) in [6, 6.07) is 0. The average Bonchev–Trinajstić information content (AvgIpc) is 2.03. The maximum absolute atomic E-state index is 10.9. The minimum Gasteiger partial charge on any atom is -0.480 e. The molecule has 1 saturated heterocycles. The fourth-order valence-corrected chi connectivity index (χ4v) is 0.951. The Bertz CT molecular complexity index is 291. The normalized spacial score (nSPS) is 18.5. The smallest absolute Gasteiger partial charge is 0.343 e. The molecule has 0 atom stereocenters. The van der Waals surface area contributed by atoms with Crippen molar-refractivity contribution in [2.45, 2.75) is 0 Å². The number of imide groups is 1. The molecule has 2 amide bonds. The van der Waals surface area contributed by atoms with Crippen molar-refractivity contribution in [3.05, 3.63) is 0 Å². The number of ether oxygens (including phenoxy) is 1. The summed E-state index contributed by atoms with van der Waals surface area (Å²) in [4.78, 5) is 43.0. The van der Waals surface area contributed by atoms with Crippen molar-refractivity contribution in [2.24, 2.45) is 5.41 Å². The first-order chi connectivity index (χ1) is 5.97. The van der Waals surface area contributed by atoms with Crippen molar-refractivity contribution in [3.63, 3.8) is 0 Å². The highest BCUT2D eigenvalue weighted by molar-refractivity contribution is 6.44. The lowest BCUT2D eigenvalue weighted by Gasteiger charge is -2.31. The van der Waals surface area contributed by atoms with E-state index in [4.69, 9.17) is 5.11 Å². The third-order valence-corrected chi connectivity index (χ3v) is 1.72. The number of nitrogens with one attached hydrogen (secondary N) is 1. The third kappa shape index (κ3) is 0.835. The molecule has 0 aromatic heterocycles. The number of carboxylic acid groups (broad SMARTS) is 1. The van der Waals surface area contributed by atoms with Gasteiger partial charge in [-0.25, -0.2) is 9.59 Å². The number of esters is 1. The van der Waals surface area contributed by atoms with Crippen LogP contribution in [0.25, 0.3) is 0 Å². The number of carbonyl (C=O) groups is 4. The number of rotatable bonds is 2. The summed E-state index contributed by atoms with van der Waals surface area (Å²) in [5.74, 6) is -5.55. The molecule has 1 aliphatic heterocycles. The van der Waals surface area contributed by atoms with Gasteiger partial charge in [0, 0.05) is 0 Å². The summed E-state index contributed by atoms with van der Waals surface area (Å²) in [5, 5.41) is 10.2. The molecule has 0 radical (unpaired) electrons. The Balaban J connectivity index is 3.16. The second-order valence-electron chi connectivity index (χ2n) is 2.33. The lowest BCUT2D eigenvalue weighted by atomic mass is 9.79. The summed E-state index contributed by atoms with van der Waals surface area (Å²) in [5.41, 5.74) is -2.69. The lowest BCUT2D eigenvalue weighted by molar-refractivity contribution is -0.181. The molecule has 1 rings (SSSR count). The standard InChI is InChI=1S/C6H5NO6/c1-13-5(12)6(4(10)11)2(8)7-3(6)9/h1H3,(H,10,11)(H,7,8,9). The van der Waals surface area contributed by atoms with Crippen LogP contribution in [0.2, 0.25) is 0 Å². The predicted octanol–water partition coefficient (Wildman–Crippen LogP) is -2.11. The van der Waals surface area contributed by atoms with E-state index in [0.29, 0.717) is 0 Å². The molecular weight excluding hydrogens is 182 g/mol. The van der Waals surface area contributed by atoms with E-state index in [1.54, 1.807) is 5.32 Å². The van der Waals surface area contributed by atoms with Crippen LogP contribution in [0.5, 0.6) is 0 Å². The first-order valence-corrected chi connectivity index (χ1v) is 3.15. The van der Waals surface area contributed by atoms with Crippen molar-refractivity contribution >= 4 is 23.8 Å². The number of hydrogen-bond acceptors (Lipinski definition) is 5. The molecule has 7 heteroatoms. The molecule has 13 heavy (non-hydrogen) atoms. The van der Waals surface area contributed by atoms with E-state index in [1.807, 2.05) is 0 Å². The fraction of sp³-hybridized carbons (Fsp3) is 0.333. The summed E-state index contributed by atoms with van der Waals surface area (Å²) < 4.78 is 4.06. The zero-order valence-electron chi connectivity index (χ0n) is 6.49. The minimum absolute atomic E-state index is 0.895. The van der Waals surface area contributed by atoms with Gasteiger partial charge in [0.05, 0.1) is 7.11 Å². The van der Waals surface area contributed by atoms with E-state index < -0.39 is 29.2 Å². The van der Waals surface area contributed by atoms with Crippen LogP contribution in [-0.2, 0) is 23.9 Å². The second kappa shape index (κ2) is 2.54. The van der Waals surface area contributed by atoms with Gasteiger partial charge in [-0.2, -0.15) is 0 Å². The minimum atomic E-state index is -2.69. The van der Waals surface area contributed by atoms with Crippen molar-refractivity contribution in [2.75, 3.05) is 7.11 Å². The van der Waals surface area contributed by atoms with Gasteiger partial charge in [0.15, 0.2) is 0 Å². The summed E-state index contributed by atoms with van der Waals surface area (Å²) in [6.45, 7) is 0. The average molecular weight is 187 g/mol. The number of amides is 2. The van der Waals surface area contributed by atoms with Crippen molar-refractivity contribution < 1.29 is 29.0 Å². The van der Waals surface area contributed by atoms with Crippen molar-refractivity contribution in [1.82, 2.24) is 5.32 Å². The van der Waals surface area contributed by atoms with Crippen LogP contribution in [0.3, 0.4) is 0 Å². The van der Waals surface area contributed by atoms with E-state index in [9.17, 15) is 19.2 Å². The third-order valence-electron chi connectivity index (χ3n) is 1.72. The SMILES string of the molecule is COC(=O)C1(C(=O)O)C(=O)NC1=O. The lowest BCUT2D eigenvalue weighted by Crippen LogP contribution is -2.71. The van der Waals surface area contributed by atoms with Crippen LogP contribution in [0, 0.1) is 5.41 Å². The topological polar surface area (TPSA) is 110 Å². The number of carboxylic acids is 1. The van der Waals surface area contributed by atoms with Gasteiger partial charge in [-0.1, -0.05) is 0 Å². The van der Waals surface area contributed by atoms with Gasteiger partial charge >= 0.3 is 17.4 Å². The first kappa shape index (κ1) is 9.17. The monoisotopic (exact) mass is 187 g/mol. The molecule has 7 nitrogen and oxygen atoms in total. The molecule has 0 unspecified atom stereocenters. The quantitative estimate of drug-likeness (QED) is 0.290. The van der Waals surface area contributed by atoms with Gasteiger partial charge in [-0.3, -0.25) is 14.9 Å². The van der Waals surface area contributed by atoms with Crippen molar-refractivity contribution in [1.29, 1.82) is 0 Å². The van der Waals surface area contributed by atoms with Gasteiger partial charge in [0.2, 0.25) is 0 Å². The Kier molecular flexibility index (Phi) is 1.79. The Labute approximate surface area is 71.7 Å². The highest BCUT2D eigenvalue weighted by Gasteiger charge is 2.69. The maximum atomic E-state index is 10.9. The van der Waals surface area contributed by atoms with Gasteiger partial charge < -0.3 is 9.84 Å². The Hall–Kier alpha value is -1.92. The number of methoxy groups -OCH3 is 1. The van der Waals surface area contributed by atoms with Crippen molar-refractivity contribution in [3.8, 4) is 0 Å². The Morgan fingerprint density at radius 2 is 1.85 bits per heavy atom. The van der Waals surface area contributed by atoms with E-state index in [0.717, 1.165) is 7.11 Å². The van der Waals surface area contributed by atoms with Crippen LogP contribution < -0.4 is 5.32 Å². The van der Waals surface area contributed by atoms with Crippen LogP contribution in [0.1, 0.15) is 0 Å². The van der Waals surface area contributed by atoms with Gasteiger partial charge in [-0.15, -0.1) is 0 Å². The van der Waals surface area contributed by atoms with Crippen LogP contribution >= 0.6 is 0 Å². The number of carbonyl (C=O) groups excluding carboxylic acids is 3. The van der Waals surface area contributed by atoms with Gasteiger partial charge in [0.1, 0.15) is 0 Å². The maximum Gasteiger partial charge on any atom is 0.343 e. The summed E-state index contributed by atoms with van der Waals surface area (Å²) in [6.07, 6.45) is 0. The summed E-state index contributed by atoms with van der Waals surface area (Å²) >= 11 is 0. The molecule has 2 N–H and O–H groups in total. The number of β-lactam (4-membered cyclic amide) rings is 2. The molecule has 0 saturated carbocycles. The largest absolute Gasteiger partial charge is 0.480 e. The van der Waals surface area contributed by atoms with E-state index in [-0.39, 0.29) is 0 Å². The first-order valence-electron chi connectivity index (χ1n) is 3.15. The molecule has 0 spiro atoms. The molecule has 1 fully saturated rings. The van der Waals surface area contributed by atoms with E-state index in [1.165, 1.54) is 0 Å². The summed E-state index contributed by atoms with van der Waals surface area (Å²) in [7, 11) is 0.895. The highest BCUT2D eigenvalue weighted by Crippen LogP contribution is 2.27. The molecule has 0 bridgehead atoms. The Morgan fingerprint density at radius 3 is 2.00 bits per heavy atom. The number of aliphatic carboxylic acids is 1. The molecule has 0 aliphatic carbocycles. The molecule has 1 heterocycles. The predicted molar refractivity (Wildman–Crippen MR) is 35.2 cm³/mol.